The van der Waals surface area contributed by atoms with E-state index >= 15 is 0 Å². The van der Waals surface area contributed by atoms with Gasteiger partial charge in [0.05, 0.1) is 10.8 Å². The number of hydrogen-bond donors (Lipinski definition) is 0. The summed E-state index contributed by atoms with van der Waals surface area (Å²) in [5.74, 6) is 1.59. The lowest BCUT2D eigenvalue weighted by atomic mass is 9.67. The highest BCUT2D eigenvalue weighted by Gasteiger charge is 2.48. The van der Waals surface area contributed by atoms with Crippen LogP contribution in [0.1, 0.15) is 44.5 Å². The molecule has 0 heterocycles. The van der Waals surface area contributed by atoms with E-state index in [9.17, 15) is 0 Å². The van der Waals surface area contributed by atoms with E-state index in [-0.39, 0.29) is 0 Å². The second kappa shape index (κ2) is 14.5. The number of rotatable bonds is 6. The topological polar surface area (TPSA) is 9.23 Å². The van der Waals surface area contributed by atoms with Crippen molar-refractivity contribution in [1.82, 2.24) is 0 Å². The van der Waals surface area contributed by atoms with Crippen LogP contribution < -0.4 is 4.74 Å². The smallest absolute Gasteiger partial charge is 0.127 e. The summed E-state index contributed by atoms with van der Waals surface area (Å²) in [6.45, 7) is 0. The van der Waals surface area contributed by atoms with Crippen LogP contribution in [0, 0.1) is 0 Å². The molecule has 0 saturated carbocycles. The largest absolute Gasteiger partial charge is 0.457 e. The van der Waals surface area contributed by atoms with Crippen molar-refractivity contribution in [3.05, 3.63) is 299 Å². The zero-order chi connectivity index (χ0) is 44.1. The van der Waals surface area contributed by atoms with Crippen molar-refractivity contribution >= 4 is 43.1 Å². The zero-order valence-corrected chi connectivity index (χ0v) is 36.7. The van der Waals surface area contributed by atoms with Gasteiger partial charge in [0.1, 0.15) is 11.5 Å². The molecule has 2 aliphatic carbocycles. The van der Waals surface area contributed by atoms with Crippen LogP contribution in [0.4, 0.5) is 0 Å². The summed E-state index contributed by atoms with van der Waals surface area (Å²) in [6, 6.07) is 94.2. The molecule has 0 fully saturated rings. The van der Waals surface area contributed by atoms with E-state index in [1.54, 1.807) is 0 Å². The van der Waals surface area contributed by atoms with Gasteiger partial charge in [0.15, 0.2) is 0 Å². The van der Waals surface area contributed by atoms with Crippen LogP contribution in [-0.2, 0) is 10.8 Å². The summed E-state index contributed by atoms with van der Waals surface area (Å²) in [4.78, 5) is 0. The monoisotopic (exact) mass is 850 g/mol. The summed E-state index contributed by atoms with van der Waals surface area (Å²) in [5.41, 5.74) is 14.1. The van der Waals surface area contributed by atoms with Crippen LogP contribution in [0.3, 0.4) is 0 Å². The van der Waals surface area contributed by atoms with E-state index in [1.165, 1.54) is 110 Å². The first-order valence-corrected chi connectivity index (χ1v) is 23.3. The highest BCUT2D eigenvalue weighted by atomic mass is 16.5. The molecule has 14 rings (SSSR count). The third-order valence-electron chi connectivity index (χ3n) is 15.0. The quantitative estimate of drug-likeness (QED) is 0.162. The molecule has 2 unspecified atom stereocenters. The summed E-state index contributed by atoms with van der Waals surface area (Å²) in [7, 11) is 0. The summed E-state index contributed by atoms with van der Waals surface area (Å²) >= 11 is 0. The molecule has 0 amide bonds. The minimum Gasteiger partial charge on any atom is -0.457 e. The lowest BCUT2D eigenvalue weighted by molar-refractivity contribution is 0.481. The number of hydrogen-bond acceptors (Lipinski definition) is 1. The number of benzene rings is 12. The maximum Gasteiger partial charge on any atom is 0.127 e. The Balaban J connectivity index is 0.894. The molecular formula is C66H42O. The van der Waals surface area contributed by atoms with Gasteiger partial charge in [-0.1, -0.05) is 194 Å². The third-order valence-corrected chi connectivity index (χ3v) is 15.0. The van der Waals surface area contributed by atoms with Gasteiger partial charge in [-0.25, -0.2) is 0 Å². The van der Waals surface area contributed by atoms with Crippen LogP contribution in [0.25, 0.3) is 65.3 Å². The van der Waals surface area contributed by atoms with E-state index in [2.05, 4.69) is 255 Å². The van der Waals surface area contributed by atoms with Crippen molar-refractivity contribution in [3.63, 3.8) is 0 Å². The summed E-state index contributed by atoms with van der Waals surface area (Å²) in [5, 5.41) is 9.91. The van der Waals surface area contributed by atoms with E-state index in [0.717, 1.165) is 11.5 Å². The van der Waals surface area contributed by atoms with E-state index in [1.807, 2.05) is 0 Å². The zero-order valence-electron chi connectivity index (χ0n) is 36.7. The van der Waals surface area contributed by atoms with Crippen LogP contribution >= 0.6 is 0 Å². The first-order chi connectivity index (χ1) is 33.2. The van der Waals surface area contributed by atoms with Gasteiger partial charge in [0, 0.05) is 0 Å². The first-order valence-electron chi connectivity index (χ1n) is 23.3. The molecule has 12 aromatic carbocycles. The molecular weight excluding hydrogens is 809 g/mol. The minimum atomic E-state index is -0.545. The van der Waals surface area contributed by atoms with Gasteiger partial charge in [0.25, 0.3) is 0 Å². The van der Waals surface area contributed by atoms with Gasteiger partial charge in [-0.3, -0.25) is 0 Å². The van der Waals surface area contributed by atoms with Crippen LogP contribution in [-0.4, -0.2) is 0 Å². The fourth-order valence-corrected chi connectivity index (χ4v) is 12.0. The molecule has 0 saturated heterocycles. The molecule has 12 aromatic rings. The molecule has 0 bridgehead atoms. The Kier molecular flexibility index (Phi) is 8.18. The average Bonchev–Trinajstić information content (AvgIpc) is 3.84. The standard InChI is InChI=1S/C66H42O/c1-3-15-45-37-53(27-25-43(45)13-1)65(61-23-11-9-21-57(61)59-39-47-17-5-7-19-49(47)41-63(59)65)51-29-33-55(34-30-51)67-56-35-31-52(32-36-56)66(54-28-26-44-14-2-4-16-46(44)38-54)62-24-12-10-22-58(62)60-40-48-18-6-8-20-50(48)42-64(60)66/h1-42H. The Morgan fingerprint density at radius 3 is 0.925 bits per heavy atom. The van der Waals surface area contributed by atoms with Crippen molar-refractivity contribution in [3.8, 4) is 33.8 Å². The van der Waals surface area contributed by atoms with E-state index in [4.69, 9.17) is 4.74 Å². The van der Waals surface area contributed by atoms with E-state index in [0.29, 0.717) is 0 Å². The molecule has 0 aliphatic heterocycles. The predicted octanol–water partition coefficient (Wildman–Crippen LogP) is 16.8. The molecule has 312 valence electrons. The minimum absolute atomic E-state index is 0.545. The van der Waals surface area contributed by atoms with Crippen LogP contribution in [0.2, 0.25) is 0 Å². The van der Waals surface area contributed by atoms with Gasteiger partial charge < -0.3 is 4.74 Å². The lowest BCUT2D eigenvalue weighted by Crippen LogP contribution is -2.28. The summed E-state index contributed by atoms with van der Waals surface area (Å²) in [6.07, 6.45) is 0. The fraction of sp³-hybridized carbons (Fsp3) is 0.0303. The number of ether oxygens (including phenoxy) is 1. The second-order valence-corrected chi connectivity index (χ2v) is 18.4. The maximum absolute atomic E-state index is 6.80. The Morgan fingerprint density at radius 2 is 0.522 bits per heavy atom. The molecule has 2 aliphatic rings. The Hall–Kier alpha value is -8.52. The van der Waals surface area contributed by atoms with Crippen molar-refractivity contribution in [1.29, 1.82) is 0 Å². The van der Waals surface area contributed by atoms with Crippen molar-refractivity contribution in [2.45, 2.75) is 10.8 Å². The van der Waals surface area contributed by atoms with Gasteiger partial charge in [-0.05, 0) is 171 Å². The fourth-order valence-electron chi connectivity index (χ4n) is 12.0. The average molecular weight is 851 g/mol. The van der Waals surface area contributed by atoms with E-state index < -0.39 is 10.8 Å². The SMILES string of the molecule is c1ccc2c(c1)-c1cc3ccccc3cc1C2(c1ccc(Oc2ccc(C3(c4ccc5ccccc5c4)c4ccccc4-c4cc5ccccc5cc43)cc2)cc1)c1ccc2ccccc2c1. The maximum atomic E-state index is 6.80. The normalized spacial score (nSPS) is 16.8. The summed E-state index contributed by atoms with van der Waals surface area (Å²) < 4.78 is 6.80. The highest BCUT2D eigenvalue weighted by Crippen LogP contribution is 2.59. The highest BCUT2D eigenvalue weighted by molar-refractivity contribution is 5.98. The predicted molar refractivity (Wildman–Crippen MR) is 278 cm³/mol. The van der Waals surface area contributed by atoms with Crippen LogP contribution in [0.15, 0.2) is 255 Å². The molecule has 1 nitrogen and oxygen atoms in total. The number of fused-ring (bicyclic) bond motifs is 10. The molecule has 1 heteroatoms. The van der Waals surface area contributed by atoms with Crippen molar-refractivity contribution in [2.24, 2.45) is 0 Å². The Labute approximate surface area is 389 Å². The van der Waals surface area contributed by atoms with Crippen LogP contribution in [0.5, 0.6) is 11.5 Å². The van der Waals surface area contributed by atoms with Gasteiger partial charge >= 0.3 is 0 Å². The van der Waals surface area contributed by atoms with Gasteiger partial charge in [-0.15, -0.1) is 0 Å². The second-order valence-electron chi connectivity index (χ2n) is 18.4. The van der Waals surface area contributed by atoms with Gasteiger partial charge in [0.2, 0.25) is 0 Å². The third kappa shape index (κ3) is 5.49. The van der Waals surface area contributed by atoms with Crippen molar-refractivity contribution < 1.29 is 4.74 Å². The molecule has 0 N–H and O–H groups in total. The first kappa shape index (κ1) is 37.8. The Morgan fingerprint density at radius 1 is 0.209 bits per heavy atom. The molecule has 67 heavy (non-hydrogen) atoms. The molecule has 0 spiro atoms. The molecule has 0 aromatic heterocycles. The van der Waals surface area contributed by atoms with Gasteiger partial charge in [-0.2, -0.15) is 0 Å². The molecule has 2 atom stereocenters. The van der Waals surface area contributed by atoms with Crippen molar-refractivity contribution in [2.75, 3.05) is 0 Å². The Bertz CT molecular complexity index is 3700. The molecule has 0 radical (unpaired) electrons. The lowest BCUT2D eigenvalue weighted by Gasteiger charge is -2.34.